The number of halogens is 1. The van der Waals surface area contributed by atoms with E-state index >= 15 is 0 Å². The number of morpholine rings is 1. The Bertz CT molecular complexity index is 327. The molecule has 2 rings (SSSR count). The Kier molecular flexibility index (Phi) is 4.63. The molecule has 0 aromatic heterocycles. The summed E-state index contributed by atoms with van der Waals surface area (Å²) in [5, 5.41) is 3.31. The summed E-state index contributed by atoms with van der Waals surface area (Å²) in [5.41, 5.74) is 0. The van der Waals surface area contributed by atoms with Crippen molar-refractivity contribution in [3.05, 3.63) is 28.7 Å². The second kappa shape index (κ2) is 6.23. The van der Waals surface area contributed by atoms with E-state index in [0.717, 1.165) is 36.3 Å². The highest BCUT2D eigenvalue weighted by molar-refractivity contribution is 9.10. The van der Waals surface area contributed by atoms with Gasteiger partial charge in [0.25, 0.3) is 0 Å². The van der Waals surface area contributed by atoms with E-state index in [0.29, 0.717) is 6.61 Å². The van der Waals surface area contributed by atoms with E-state index in [1.54, 1.807) is 0 Å². The van der Waals surface area contributed by atoms with E-state index in [9.17, 15) is 0 Å². The van der Waals surface area contributed by atoms with Gasteiger partial charge in [0.15, 0.2) is 0 Å². The zero-order valence-corrected chi connectivity index (χ0v) is 10.7. The van der Waals surface area contributed by atoms with Crippen LogP contribution in [0.4, 0.5) is 0 Å². The summed E-state index contributed by atoms with van der Waals surface area (Å²) in [6, 6.07) is 7.89. The molecule has 1 aliphatic heterocycles. The summed E-state index contributed by atoms with van der Waals surface area (Å²) in [6.07, 6.45) is 1.21. The zero-order chi connectivity index (χ0) is 11.2. The molecule has 0 radical (unpaired) electrons. The van der Waals surface area contributed by atoms with Gasteiger partial charge >= 0.3 is 0 Å². The third-order valence-corrected chi connectivity index (χ3v) is 3.19. The largest absolute Gasteiger partial charge is 0.492 e. The van der Waals surface area contributed by atoms with E-state index in [4.69, 9.17) is 9.47 Å². The van der Waals surface area contributed by atoms with Gasteiger partial charge in [-0.05, 0) is 28.1 Å². The SMILES string of the molecule is Brc1ccccc1OCCC1CNCCO1. The van der Waals surface area contributed by atoms with Gasteiger partial charge in [-0.3, -0.25) is 0 Å². The van der Waals surface area contributed by atoms with Crippen LogP contribution in [0.1, 0.15) is 6.42 Å². The number of rotatable bonds is 4. The number of benzene rings is 1. The van der Waals surface area contributed by atoms with Gasteiger partial charge < -0.3 is 14.8 Å². The van der Waals surface area contributed by atoms with Crippen molar-refractivity contribution < 1.29 is 9.47 Å². The highest BCUT2D eigenvalue weighted by Crippen LogP contribution is 2.23. The molecular formula is C12H16BrNO2. The highest BCUT2D eigenvalue weighted by Gasteiger charge is 2.13. The number of hydrogen-bond donors (Lipinski definition) is 1. The summed E-state index contributed by atoms with van der Waals surface area (Å²) >= 11 is 3.45. The first-order valence-corrected chi connectivity index (χ1v) is 6.35. The lowest BCUT2D eigenvalue weighted by Gasteiger charge is -2.23. The fourth-order valence-electron chi connectivity index (χ4n) is 1.67. The van der Waals surface area contributed by atoms with Crippen molar-refractivity contribution in [2.24, 2.45) is 0 Å². The van der Waals surface area contributed by atoms with Crippen LogP contribution < -0.4 is 10.1 Å². The predicted molar refractivity (Wildman–Crippen MR) is 66.9 cm³/mol. The van der Waals surface area contributed by atoms with Crippen molar-refractivity contribution in [3.8, 4) is 5.75 Å². The molecule has 1 N–H and O–H groups in total. The van der Waals surface area contributed by atoms with E-state index in [1.165, 1.54) is 0 Å². The molecule has 88 valence electrons. The fourth-order valence-corrected chi connectivity index (χ4v) is 2.07. The molecule has 1 fully saturated rings. The number of hydrogen-bond acceptors (Lipinski definition) is 3. The topological polar surface area (TPSA) is 30.5 Å². The van der Waals surface area contributed by atoms with Crippen LogP contribution in [0.5, 0.6) is 5.75 Å². The maximum Gasteiger partial charge on any atom is 0.133 e. The molecule has 0 aliphatic carbocycles. The first-order valence-electron chi connectivity index (χ1n) is 5.56. The van der Waals surface area contributed by atoms with E-state index in [-0.39, 0.29) is 6.10 Å². The van der Waals surface area contributed by atoms with E-state index in [1.807, 2.05) is 24.3 Å². The monoisotopic (exact) mass is 285 g/mol. The Labute approximate surface area is 104 Å². The van der Waals surface area contributed by atoms with Gasteiger partial charge in [0.2, 0.25) is 0 Å². The smallest absolute Gasteiger partial charge is 0.133 e. The van der Waals surface area contributed by atoms with Crippen molar-refractivity contribution >= 4 is 15.9 Å². The summed E-state index contributed by atoms with van der Waals surface area (Å²) in [4.78, 5) is 0. The average molecular weight is 286 g/mol. The van der Waals surface area contributed by atoms with Gasteiger partial charge in [-0.15, -0.1) is 0 Å². The van der Waals surface area contributed by atoms with Crippen molar-refractivity contribution in [2.75, 3.05) is 26.3 Å². The molecule has 16 heavy (non-hydrogen) atoms. The van der Waals surface area contributed by atoms with Crippen LogP contribution in [0.2, 0.25) is 0 Å². The maximum absolute atomic E-state index is 5.68. The molecule has 3 nitrogen and oxygen atoms in total. The molecule has 1 saturated heterocycles. The Morgan fingerprint density at radius 2 is 2.31 bits per heavy atom. The van der Waals surface area contributed by atoms with Crippen LogP contribution in [0.25, 0.3) is 0 Å². The Morgan fingerprint density at radius 3 is 3.06 bits per heavy atom. The second-order valence-electron chi connectivity index (χ2n) is 3.76. The Hall–Kier alpha value is -0.580. The minimum Gasteiger partial charge on any atom is -0.492 e. The van der Waals surface area contributed by atoms with Crippen LogP contribution in [0.15, 0.2) is 28.7 Å². The Morgan fingerprint density at radius 1 is 1.44 bits per heavy atom. The molecule has 4 heteroatoms. The van der Waals surface area contributed by atoms with Crippen LogP contribution in [0.3, 0.4) is 0 Å². The van der Waals surface area contributed by atoms with E-state index in [2.05, 4.69) is 21.2 Å². The van der Waals surface area contributed by atoms with Crippen molar-refractivity contribution in [1.29, 1.82) is 0 Å². The molecule has 0 amide bonds. The highest BCUT2D eigenvalue weighted by atomic mass is 79.9. The molecule has 1 unspecified atom stereocenters. The normalized spacial score (nSPS) is 20.7. The molecule has 1 atom stereocenters. The summed E-state index contributed by atoms with van der Waals surface area (Å²) in [6.45, 7) is 3.38. The third kappa shape index (κ3) is 3.47. The first-order chi connectivity index (χ1) is 7.86. The van der Waals surface area contributed by atoms with Crippen LogP contribution in [-0.4, -0.2) is 32.4 Å². The molecule has 1 aromatic carbocycles. The molecular weight excluding hydrogens is 270 g/mol. The minimum atomic E-state index is 0.288. The summed E-state index contributed by atoms with van der Waals surface area (Å²) in [7, 11) is 0. The number of para-hydroxylation sites is 1. The van der Waals surface area contributed by atoms with Gasteiger partial charge in [0, 0.05) is 19.5 Å². The molecule has 1 heterocycles. The quantitative estimate of drug-likeness (QED) is 0.920. The average Bonchev–Trinajstić information content (AvgIpc) is 2.33. The van der Waals surface area contributed by atoms with Gasteiger partial charge in [0.05, 0.1) is 23.8 Å². The molecule has 0 saturated carbocycles. The number of ether oxygens (including phenoxy) is 2. The minimum absolute atomic E-state index is 0.288. The second-order valence-corrected chi connectivity index (χ2v) is 4.62. The molecule has 0 spiro atoms. The first kappa shape index (κ1) is 11.9. The summed E-state index contributed by atoms with van der Waals surface area (Å²) in [5.74, 6) is 0.895. The summed E-state index contributed by atoms with van der Waals surface area (Å²) < 4.78 is 12.3. The van der Waals surface area contributed by atoms with Crippen molar-refractivity contribution in [2.45, 2.75) is 12.5 Å². The molecule has 1 aliphatic rings. The van der Waals surface area contributed by atoms with Crippen LogP contribution >= 0.6 is 15.9 Å². The molecule has 1 aromatic rings. The van der Waals surface area contributed by atoms with Gasteiger partial charge in [-0.1, -0.05) is 12.1 Å². The van der Waals surface area contributed by atoms with Crippen molar-refractivity contribution in [1.82, 2.24) is 5.32 Å². The zero-order valence-electron chi connectivity index (χ0n) is 9.12. The van der Waals surface area contributed by atoms with E-state index < -0.39 is 0 Å². The van der Waals surface area contributed by atoms with Crippen LogP contribution in [-0.2, 0) is 4.74 Å². The standard InChI is InChI=1S/C12H16BrNO2/c13-11-3-1-2-4-12(11)16-7-5-10-9-14-6-8-15-10/h1-4,10,14H,5-9H2. The molecule has 0 bridgehead atoms. The number of nitrogens with one attached hydrogen (secondary N) is 1. The van der Waals surface area contributed by atoms with Crippen molar-refractivity contribution in [3.63, 3.8) is 0 Å². The lowest BCUT2D eigenvalue weighted by Crippen LogP contribution is -2.39. The Balaban J connectivity index is 1.73. The third-order valence-electron chi connectivity index (χ3n) is 2.54. The lowest BCUT2D eigenvalue weighted by molar-refractivity contribution is 0.0158. The van der Waals surface area contributed by atoms with Crippen LogP contribution in [0, 0.1) is 0 Å². The maximum atomic E-state index is 5.68. The van der Waals surface area contributed by atoms with Gasteiger partial charge in [-0.2, -0.15) is 0 Å². The van der Waals surface area contributed by atoms with Gasteiger partial charge in [0.1, 0.15) is 5.75 Å². The van der Waals surface area contributed by atoms with Gasteiger partial charge in [-0.25, -0.2) is 0 Å². The predicted octanol–water partition coefficient (Wildman–Crippen LogP) is 2.21. The lowest BCUT2D eigenvalue weighted by atomic mass is 10.2. The fraction of sp³-hybridized carbons (Fsp3) is 0.500.